The molecule has 3 aromatic heterocycles. The van der Waals surface area contributed by atoms with E-state index < -0.39 is 11.9 Å². The molecule has 2 aliphatic rings. The van der Waals surface area contributed by atoms with E-state index in [0.717, 1.165) is 72.1 Å². The summed E-state index contributed by atoms with van der Waals surface area (Å²) in [6.07, 6.45) is 12.0. The van der Waals surface area contributed by atoms with Crippen molar-refractivity contribution >= 4 is 60.7 Å². The number of nitrogens with zero attached hydrogens (tertiary/aromatic N) is 1. The van der Waals surface area contributed by atoms with Crippen molar-refractivity contribution in [1.29, 1.82) is 0 Å². The molecule has 214 valence electrons. The van der Waals surface area contributed by atoms with Crippen molar-refractivity contribution in [3.63, 3.8) is 0 Å². The van der Waals surface area contributed by atoms with Crippen molar-refractivity contribution < 1.29 is 19.8 Å². The van der Waals surface area contributed by atoms with Crippen LogP contribution in [0.1, 0.15) is 71.1 Å². The summed E-state index contributed by atoms with van der Waals surface area (Å²) in [4.78, 5) is 38.5. The monoisotopic (exact) mass is 562 g/mol. The maximum Gasteiger partial charge on any atom is 0.303 e. The molecular formula is C34H34N4O4. The highest BCUT2D eigenvalue weighted by Crippen LogP contribution is 2.31. The number of aliphatic carboxylic acids is 2. The number of nitrogens with one attached hydrogen (secondary N) is 3. The third-order valence-corrected chi connectivity index (χ3v) is 8.13. The summed E-state index contributed by atoms with van der Waals surface area (Å²) in [6.45, 7) is 18.4. The molecule has 5 rings (SSSR count). The minimum atomic E-state index is -0.903. The Labute approximate surface area is 242 Å². The van der Waals surface area contributed by atoms with Crippen molar-refractivity contribution in [3.05, 3.63) is 96.2 Å². The third-order valence-electron chi connectivity index (χ3n) is 8.13. The second-order valence-electron chi connectivity index (χ2n) is 10.7. The fraction of sp³-hybridized carbons (Fsp3) is 0.206. The molecule has 5 N–H and O–H groups in total. The largest absolute Gasteiger partial charge is 0.481 e. The molecule has 3 aromatic rings. The van der Waals surface area contributed by atoms with E-state index >= 15 is 0 Å². The van der Waals surface area contributed by atoms with Gasteiger partial charge in [-0.05, 0) is 91.0 Å². The minimum Gasteiger partial charge on any atom is -0.481 e. The number of allylic oxidation sites excluding steroid dienone is 2. The Balaban J connectivity index is 1.89. The summed E-state index contributed by atoms with van der Waals surface area (Å²) < 4.78 is 0. The molecule has 2 aliphatic heterocycles. The van der Waals surface area contributed by atoms with Gasteiger partial charge in [0, 0.05) is 57.1 Å². The van der Waals surface area contributed by atoms with Crippen molar-refractivity contribution in [2.75, 3.05) is 0 Å². The van der Waals surface area contributed by atoms with E-state index in [9.17, 15) is 19.8 Å². The van der Waals surface area contributed by atoms with E-state index in [1.54, 1.807) is 0 Å². The molecule has 5 heterocycles. The minimum absolute atomic E-state index is 0.0388. The average molecular weight is 563 g/mol. The number of carboxylic acid groups (broad SMARTS) is 2. The Morgan fingerprint density at radius 1 is 0.786 bits per heavy atom. The summed E-state index contributed by atoms with van der Waals surface area (Å²) in [5.74, 6) is -1.79. The van der Waals surface area contributed by atoms with Gasteiger partial charge in [-0.2, -0.15) is 0 Å². The van der Waals surface area contributed by atoms with Gasteiger partial charge in [0.25, 0.3) is 0 Å². The molecule has 8 nitrogen and oxygen atoms in total. The topological polar surface area (TPSA) is 134 Å². The highest BCUT2D eigenvalue weighted by atomic mass is 16.4. The molecule has 0 saturated carbocycles. The molecule has 0 fully saturated rings. The Bertz CT molecular complexity index is 2020. The number of hydrogen-bond acceptors (Lipinski definition) is 3. The quantitative estimate of drug-likeness (QED) is 0.288. The molecule has 0 radical (unpaired) electrons. The van der Waals surface area contributed by atoms with Crippen LogP contribution < -0.4 is 21.3 Å². The van der Waals surface area contributed by atoms with Crippen LogP contribution in [0, 0.1) is 13.8 Å². The summed E-state index contributed by atoms with van der Waals surface area (Å²) in [7, 11) is 0. The normalized spacial score (nSPS) is 15.2. The SMILES string of the molecule is C=Cc1c2[nH]c(c1C)C=c1[nH]c(c(C)c1C=C)=CC1=N/C(=C\c3[nH]c(c(=C)c3CCC(=O)O)=C2)C(CCC(=O)O)=C1C. The van der Waals surface area contributed by atoms with Gasteiger partial charge < -0.3 is 25.2 Å². The standard InChI is InChI=1S/C34H34N4O4/c1-7-21-17(3)25-13-26-19(5)23(9-11-33(39)40)31(37-26)16-32-24(10-12-34(41)42)20(6)28(38-32)15-30-22(8-2)18(4)27(36-30)14-29(21)35-25/h7-8,13-16,35-36,38H,1-2,6,9-12H2,3-5H3,(H,39,40)(H,41,42)/b25-13?,28-15?,29-14?,31-16-. The van der Waals surface area contributed by atoms with Crippen molar-refractivity contribution in [3.8, 4) is 0 Å². The third kappa shape index (κ3) is 5.07. The fourth-order valence-corrected chi connectivity index (χ4v) is 5.73. The first kappa shape index (κ1) is 28.4. The highest BCUT2D eigenvalue weighted by Gasteiger charge is 2.22. The van der Waals surface area contributed by atoms with Crippen LogP contribution in [-0.2, 0) is 16.0 Å². The molecule has 0 atom stereocenters. The molecule has 8 heteroatoms. The number of aromatic nitrogens is 3. The zero-order valence-corrected chi connectivity index (χ0v) is 24.1. The summed E-state index contributed by atoms with van der Waals surface area (Å²) in [6, 6.07) is 0. The molecule has 0 unspecified atom stereocenters. The van der Waals surface area contributed by atoms with E-state index in [1.807, 2.05) is 51.2 Å². The van der Waals surface area contributed by atoms with Crippen LogP contribution in [0.4, 0.5) is 0 Å². The van der Waals surface area contributed by atoms with E-state index in [1.165, 1.54) is 0 Å². The molecule has 0 spiro atoms. The van der Waals surface area contributed by atoms with Gasteiger partial charge in [-0.3, -0.25) is 9.59 Å². The summed E-state index contributed by atoms with van der Waals surface area (Å²) in [5.41, 5.74) is 10.3. The predicted molar refractivity (Wildman–Crippen MR) is 169 cm³/mol. The first-order valence-electron chi connectivity index (χ1n) is 13.8. The van der Waals surface area contributed by atoms with Crippen LogP contribution in [0.5, 0.6) is 0 Å². The zero-order valence-electron chi connectivity index (χ0n) is 24.1. The number of aliphatic imine (C=N–C) groups is 1. The van der Waals surface area contributed by atoms with Crippen LogP contribution in [0.15, 0.2) is 35.0 Å². The Hall–Kier alpha value is -5.11. The lowest BCUT2D eigenvalue weighted by atomic mass is 9.99. The lowest BCUT2D eigenvalue weighted by Gasteiger charge is -2.05. The van der Waals surface area contributed by atoms with E-state index in [2.05, 4.69) is 40.8 Å². The van der Waals surface area contributed by atoms with Crippen LogP contribution in [0.25, 0.3) is 43.0 Å². The lowest BCUT2D eigenvalue weighted by molar-refractivity contribution is -0.138. The van der Waals surface area contributed by atoms with Crippen molar-refractivity contribution in [2.45, 2.75) is 46.5 Å². The van der Waals surface area contributed by atoms with Crippen molar-refractivity contribution in [1.82, 2.24) is 15.0 Å². The van der Waals surface area contributed by atoms with Gasteiger partial charge in [0.05, 0.1) is 11.4 Å². The number of fused-ring (bicyclic) bond motifs is 7. The number of rotatable bonds is 8. The van der Waals surface area contributed by atoms with Gasteiger partial charge >= 0.3 is 11.9 Å². The van der Waals surface area contributed by atoms with E-state index in [4.69, 9.17) is 4.99 Å². The maximum atomic E-state index is 11.5. The first-order chi connectivity index (χ1) is 20.0. The van der Waals surface area contributed by atoms with Gasteiger partial charge in [-0.25, -0.2) is 4.99 Å². The van der Waals surface area contributed by atoms with Gasteiger partial charge in [-0.15, -0.1) is 0 Å². The number of carbonyl (C=O) groups is 2. The lowest BCUT2D eigenvalue weighted by Crippen LogP contribution is -2.24. The molecular weight excluding hydrogens is 528 g/mol. The zero-order chi connectivity index (χ0) is 30.3. The summed E-state index contributed by atoms with van der Waals surface area (Å²) in [5, 5.41) is 22.1. The Morgan fingerprint density at radius 3 is 2.12 bits per heavy atom. The van der Waals surface area contributed by atoms with Gasteiger partial charge in [0.15, 0.2) is 0 Å². The molecule has 0 saturated heterocycles. The molecule has 42 heavy (non-hydrogen) atoms. The van der Waals surface area contributed by atoms with Gasteiger partial charge in [0.2, 0.25) is 0 Å². The van der Waals surface area contributed by atoms with Gasteiger partial charge in [-0.1, -0.05) is 31.9 Å². The number of aromatic amines is 3. The molecule has 0 aromatic carbocycles. The Morgan fingerprint density at radius 2 is 1.45 bits per heavy atom. The fourth-order valence-electron chi connectivity index (χ4n) is 5.73. The molecule has 8 bridgehead atoms. The summed E-state index contributed by atoms with van der Waals surface area (Å²) >= 11 is 0. The maximum absolute atomic E-state index is 11.5. The number of hydrogen-bond donors (Lipinski definition) is 5. The second kappa shape index (κ2) is 11.0. The molecule has 0 aliphatic carbocycles. The van der Waals surface area contributed by atoms with Crippen LogP contribution >= 0.6 is 0 Å². The second-order valence-corrected chi connectivity index (χ2v) is 10.7. The highest BCUT2D eigenvalue weighted by molar-refractivity contribution is 6.23. The predicted octanol–water partition coefficient (Wildman–Crippen LogP) is 3.43. The van der Waals surface area contributed by atoms with Crippen LogP contribution in [-0.4, -0.2) is 42.8 Å². The van der Waals surface area contributed by atoms with Crippen LogP contribution in [0.2, 0.25) is 0 Å². The van der Waals surface area contributed by atoms with Crippen LogP contribution in [0.3, 0.4) is 0 Å². The first-order valence-corrected chi connectivity index (χ1v) is 13.8. The Kier molecular flexibility index (Phi) is 7.47. The van der Waals surface area contributed by atoms with Crippen molar-refractivity contribution in [2.24, 2.45) is 4.99 Å². The average Bonchev–Trinajstić information content (AvgIpc) is 3.59. The number of H-pyrrole nitrogens is 3. The van der Waals surface area contributed by atoms with E-state index in [0.29, 0.717) is 23.0 Å². The smallest absolute Gasteiger partial charge is 0.303 e. The van der Waals surface area contributed by atoms with Gasteiger partial charge in [0.1, 0.15) is 0 Å². The molecule has 0 amide bonds. The number of carboxylic acids is 2. The van der Waals surface area contributed by atoms with E-state index in [-0.39, 0.29) is 19.3 Å².